The van der Waals surface area contributed by atoms with E-state index in [0.717, 1.165) is 18.5 Å². The standard InChI is InChI=1S/C14H22N2O2S/c1-2-9-16-19(17,18)11-13-5-3-12(4-6-13)10-15-14-7-8-14/h3-6,14-16H,2,7-11H2,1H3. The van der Waals surface area contributed by atoms with E-state index < -0.39 is 10.0 Å². The Kier molecular flexibility index (Phi) is 4.96. The molecule has 0 aromatic heterocycles. The van der Waals surface area contributed by atoms with Gasteiger partial charge < -0.3 is 5.32 Å². The molecule has 0 aliphatic heterocycles. The molecule has 0 heterocycles. The summed E-state index contributed by atoms with van der Waals surface area (Å²) in [5, 5.41) is 3.44. The van der Waals surface area contributed by atoms with E-state index in [2.05, 4.69) is 10.0 Å². The maximum atomic E-state index is 11.7. The molecule has 1 fully saturated rings. The van der Waals surface area contributed by atoms with E-state index >= 15 is 0 Å². The molecule has 0 unspecified atom stereocenters. The van der Waals surface area contributed by atoms with Gasteiger partial charge in [0.05, 0.1) is 5.75 Å². The fraction of sp³-hybridized carbons (Fsp3) is 0.571. The van der Waals surface area contributed by atoms with E-state index in [0.29, 0.717) is 12.6 Å². The molecule has 1 aliphatic carbocycles. The summed E-state index contributed by atoms with van der Waals surface area (Å²) in [5.41, 5.74) is 2.04. The van der Waals surface area contributed by atoms with Crippen molar-refractivity contribution in [3.8, 4) is 0 Å². The molecule has 2 N–H and O–H groups in total. The molecule has 0 radical (unpaired) electrons. The van der Waals surface area contributed by atoms with Crippen LogP contribution in [0.1, 0.15) is 37.3 Å². The van der Waals surface area contributed by atoms with Crippen molar-refractivity contribution < 1.29 is 8.42 Å². The van der Waals surface area contributed by atoms with E-state index in [1.165, 1.54) is 18.4 Å². The van der Waals surface area contributed by atoms with Crippen molar-refractivity contribution in [1.82, 2.24) is 10.0 Å². The molecule has 2 rings (SSSR count). The molecule has 0 amide bonds. The largest absolute Gasteiger partial charge is 0.310 e. The first kappa shape index (κ1) is 14.5. The summed E-state index contributed by atoms with van der Waals surface area (Å²) in [7, 11) is -3.19. The third kappa shape index (κ3) is 5.30. The van der Waals surface area contributed by atoms with E-state index in [1.54, 1.807) is 0 Å². The highest BCUT2D eigenvalue weighted by Crippen LogP contribution is 2.19. The van der Waals surface area contributed by atoms with Gasteiger partial charge in [-0.2, -0.15) is 0 Å². The predicted molar refractivity (Wildman–Crippen MR) is 77.2 cm³/mol. The highest BCUT2D eigenvalue weighted by atomic mass is 32.2. The fourth-order valence-corrected chi connectivity index (χ4v) is 3.08. The second kappa shape index (κ2) is 6.50. The van der Waals surface area contributed by atoms with Crippen molar-refractivity contribution in [2.24, 2.45) is 0 Å². The lowest BCUT2D eigenvalue weighted by molar-refractivity contribution is 0.580. The van der Waals surface area contributed by atoms with Crippen molar-refractivity contribution in [3.05, 3.63) is 35.4 Å². The van der Waals surface area contributed by atoms with Gasteiger partial charge in [-0.15, -0.1) is 0 Å². The second-order valence-electron chi connectivity index (χ2n) is 5.13. The van der Waals surface area contributed by atoms with Crippen LogP contribution in [0.5, 0.6) is 0 Å². The molecular weight excluding hydrogens is 260 g/mol. The zero-order chi connectivity index (χ0) is 13.7. The van der Waals surface area contributed by atoms with E-state index in [9.17, 15) is 8.42 Å². The number of benzene rings is 1. The SMILES string of the molecule is CCCNS(=O)(=O)Cc1ccc(CNC2CC2)cc1. The normalized spacial score (nSPS) is 15.6. The van der Waals surface area contributed by atoms with Crippen LogP contribution >= 0.6 is 0 Å². The van der Waals surface area contributed by atoms with Gasteiger partial charge in [0.15, 0.2) is 0 Å². The van der Waals surface area contributed by atoms with Crippen LogP contribution in [0.2, 0.25) is 0 Å². The van der Waals surface area contributed by atoms with Gasteiger partial charge in [0.25, 0.3) is 0 Å². The Labute approximate surface area is 115 Å². The summed E-state index contributed by atoms with van der Waals surface area (Å²) < 4.78 is 26.1. The molecule has 19 heavy (non-hydrogen) atoms. The number of nitrogens with one attached hydrogen (secondary N) is 2. The van der Waals surface area contributed by atoms with Gasteiger partial charge in [-0.05, 0) is 30.4 Å². The number of rotatable bonds is 8. The van der Waals surface area contributed by atoms with Gasteiger partial charge in [0.1, 0.15) is 0 Å². The van der Waals surface area contributed by atoms with Crippen LogP contribution in [-0.4, -0.2) is 21.0 Å². The van der Waals surface area contributed by atoms with Gasteiger partial charge in [-0.1, -0.05) is 31.2 Å². The molecule has 0 spiro atoms. The molecule has 1 aliphatic rings. The smallest absolute Gasteiger partial charge is 0.215 e. The maximum Gasteiger partial charge on any atom is 0.215 e. The first-order valence-electron chi connectivity index (χ1n) is 6.87. The van der Waals surface area contributed by atoms with E-state index in [4.69, 9.17) is 0 Å². The van der Waals surface area contributed by atoms with Crippen LogP contribution in [0, 0.1) is 0 Å². The van der Waals surface area contributed by atoms with Crippen LogP contribution in [-0.2, 0) is 22.3 Å². The fourth-order valence-electron chi connectivity index (χ4n) is 1.83. The zero-order valence-corrected chi connectivity index (χ0v) is 12.2. The highest BCUT2D eigenvalue weighted by molar-refractivity contribution is 7.88. The van der Waals surface area contributed by atoms with Crippen LogP contribution in [0.4, 0.5) is 0 Å². The highest BCUT2D eigenvalue weighted by Gasteiger charge is 2.19. The number of sulfonamides is 1. The molecule has 1 aromatic rings. The molecule has 0 bridgehead atoms. The lowest BCUT2D eigenvalue weighted by atomic mass is 10.1. The van der Waals surface area contributed by atoms with Gasteiger partial charge in [-0.3, -0.25) is 0 Å². The quantitative estimate of drug-likeness (QED) is 0.764. The van der Waals surface area contributed by atoms with Crippen molar-refractivity contribution >= 4 is 10.0 Å². The number of hydrogen-bond acceptors (Lipinski definition) is 3. The monoisotopic (exact) mass is 282 g/mol. The van der Waals surface area contributed by atoms with E-state index in [-0.39, 0.29) is 5.75 Å². The summed E-state index contributed by atoms with van der Waals surface area (Å²) in [4.78, 5) is 0. The predicted octanol–water partition coefficient (Wildman–Crippen LogP) is 1.77. The van der Waals surface area contributed by atoms with Gasteiger partial charge >= 0.3 is 0 Å². The minimum atomic E-state index is -3.19. The molecular formula is C14H22N2O2S. The van der Waals surface area contributed by atoms with Crippen LogP contribution < -0.4 is 10.0 Å². The minimum Gasteiger partial charge on any atom is -0.310 e. The molecule has 0 atom stereocenters. The summed E-state index contributed by atoms with van der Waals surface area (Å²) in [6.45, 7) is 3.32. The molecule has 106 valence electrons. The Morgan fingerprint density at radius 1 is 1.16 bits per heavy atom. The van der Waals surface area contributed by atoms with Crippen molar-refractivity contribution in [2.45, 2.75) is 44.5 Å². The van der Waals surface area contributed by atoms with Crippen molar-refractivity contribution in [3.63, 3.8) is 0 Å². The molecule has 1 aromatic carbocycles. The van der Waals surface area contributed by atoms with Crippen molar-refractivity contribution in [2.75, 3.05) is 6.54 Å². The zero-order valence-electron chi connectivity index (χ0n) is 11.4. The Morgan fingerprint density at radius 3 is 2.37 bits per heavy atom. The lowest BCUT2D eigenvalue weighted by Gasteiger charge is -2.07. The molecule has 5 heteroatoms. The van der Waals surface area contributed by atoms with Gasteiger partial charge in [0, 0.05) is 19.1 Å². The summed E-state index contributed by atoms with van der Waals surface area (Å²) in [5.74, 6) is 0.0589. The maximum absolute atomic E-state index is 11.7. The Hall–Kier alpha value is -0.910. The van der Waals surface area contributed by atoms with Crippen molar-refractivity contribution in [1.29, 1.82) is 0 Å². The summed E-state index contributed by atoms with van der Waals surface area (Å²) >= 11 is 0. The second-order valence-corrected chi connectivity index (χ2v) is 6.93. The van der Waals surface area contributed by atoms with Crippen LogP contribution in [0.15, 0.2) is 24.3 Å². The Morgan fingerprint density at radius 2 is 1.79 bits per heavy atom. The molecule has 1 saturated carbocycles. The van der Waals surface area contributed by atoms with Gasteiger partial charge in [0.2, 0.25) is 10.0 Å². The van der Waals surface area contributed by atoms with Crippen LogP contribution in [0.25, 0.3) is 0 Å². The average molecular weight is 282 g/mol. The van der Waals surface area contributed by atoms with Crippen LogP contribution in [0.3, 0.4) is 0 Å². The lowest BCUT2D eigenvalue weighted by Crippen LogP contribution is -2.25. The third-order valence-electron chi connectivity index (χ3n) is 3.12. The van der Waals surface area contributed by atoms with E-state index in [1.807, 2.05) is 31.2 Å². The topological polar surface area (TPSA) is 58.2 Å². The average Bonchev–Trinajstić information content (AvgIpc) is 3.19. The third-order valence-corrected chi connectivity index (χ3v) is 4.48. The minimum absolute atomic E-state index is 0.0589. The van der Waals surface area contributed by atoms with Gasteiger partial charge in [-0.25, -0.2) is 13.1 Å². The summed E-state index contributed by atoms with van der Waals surface area (Å²) in [6.07, 6.45) is 3.36. The molecule has 0 saturated heterocycles. The Bertz CT molecular complexity index is 493. The molecule has 4 nitrogen and oxygen atoms in total. The Balaban J connectivity index is 1.86. The first-order valence-corrected chi connectivity index (χ1v) is 8.53. The first-order chi connectivity index (χ1) is 9.09. The number of hydrogen-bond donors (Lipinski definition) is 2. The summed E-state index contributed by atoms with van der Waals surface area (Å²) in [6, 6.07) is 8.49.